The maximum Gasteiger partial charge on any atom is 0.119 e. The average molecular weight is 285 g/mol. The standard InChI is InChI=1S/C17H23N3O/c1-20-10-9-19-17(20)7-8-18-15-5-3-13-4-6-16(21-2)12-14(13)11-15/h4,6,9-10,12,15,18H,3,5,7-8,11H2,1-2H3. The Bertz CT molecular complexity index is 606. The summed E-state index contributed by atoms with van der Waals surface area (Å²) in [5, 5.41) is 3.67. The molecule has 1 aliphatic rings. The first kappa shape index (κ1) is 14.1. The Labute approximate surface area is 126 Å². The topological polar surface area (TPSA) is 39.1 Å². The molecule has 0 spiro atoms. The summed E-state index contributed by atoms with van der Waals surface area (Å²) >= 11 is 0. The third-order valence-corrected chi connectivity index (χ3v) is 4.34. The third kappa shape index (κ3) is 3.27. The molecule has 0 aliphatic heterocycles. The average Bonchev–Trinajstić information content (AvgIpc) is 2.92. The molecule has 2 aromatic rings. The molecule has 4 heteroatoms. The number of fused-ring (bicyclic) bond motifs is 1. The lowest BCUT2D eigenvalue weighted by Gasteiger charge is -2.26. The number of ether oxygens (including phenoxy) is 1. The summed E-state index contributed by atoms with van der Waals surface area (Å²) in [6.07, 6.45) is 8.29. The monoisotopic (exact) mass is 285 g/mol. The smallest absolute Gasteiger partial charge is 0.119 e. The minimum Gasteiger partial charge on any atom is -0.497 e. The fraction of sp³-hybridized carbons (Fsp3) is 0.471. The van der Waals surface area contributed by atoms with E-state index in [-0.39, 0.29) is 0 Å². The van der Waals surface area contributed by atoms with Crippen LogP contribution < -0.4 is 10.1 Å². The van der Waals surface area contributed by atoms with Crippen LogP contribution in [-0.2, 0) is 26.3 Å². The number of hydrogen-bond acceptors (Lipinski definition) is 3. The number of aromatic nitrogens is 2. The Morgan fingerprint density at radius 3 is 3.05 bits per heavy atom. The zero-order valence-corrected chi connectivity index (χ0v) is 12.8. The van der Waals surface area contributed by atoms with Gasteiger partial charge in [-0.3, -0.25) is 0 Å². The van der Waals surface area contributed by atoms with E-state index in [0.29, 0.717) is 6.04 Å². The summed E-state index contributed by atoms with van der Waals surface area (Å²) in [5.74, 6) is 2.10. The number of rotatable bonds is 5. The van der Waals surface area contributed by atoms with Gasteiger partial charge >= 0.3 is 0 Å². The fourth-order valence-corrected chi connectivity index (χ4v) is 3.06. The van der Waals surface area contributed by atoms with Gasteiger partial charge in [-0.25, -0.2) is 4.98 Å². The molecule has 1 aliphatic carbocycles. The molecule has 1 heterocycles. The van der Waals surface area contributed by atoms with Crippen LogP contribution in [-0.4, -0.2) is 29.2 Å². The first-order valence-electron chi connectivity index (χ1n) is 7.61. The van der Waals surface area contributed by atoms with E-state index in [2.05, 4.69) is 33.1 Å². The molecule has 0 saturated heterocycles. The van der Waals surface area contributed by atoms with Crippen molar-refractivity contribution < 1.29 is 4.74 Å². The van der Waals surface area contributed by atoms with Crippen LogP contribution in [0.4, 0.5) is 0 Å². The van der Waals surface area contributed by atoms with E-state index >= 15 is 0 Å². The minimum atomic E-state index is 0.560. The predicted molar refractivity (Wildman–Crippen MR) is 83.7 cm³/mol. The summed E-state index contributed by atoms with van der Waals surface area (Å²) in [7, 11) is 3.78. The molecule has 1 N–H and O–H groups in total. The van der Waals surface area contributed by atoms with E-state index < -0.39 is 0 Å². The fourth-order valence-electron chi connectivity index (χ4n) is 3.06. The molecule has 0 fully saturated rings. The molecule has 0 radical (unpaired) electrons. The molecule has 3 rings (SSSR count). The van der Waals surface area contributed by atoms with Crippen LogP contribution in [0.3, 0.4) is 0 Å². The highest BCUT2D eigenvalue weighted by molar-refractivity contribution is 5.37. The largest absolute Gasteiger partial charge is 0.497 e. The van der Waals surface area contributed by atoms with Gasteiger partial charge in [0.25, 0.3) is 0 Å². The molecule has 0 saturated carbocycles. The van der Waals surface area contributed by atoms with Crippen molar-refractivity contribution in [2.24, 2.45) is 7.05 Å². The molecular weight excluding hydrogens is 262 g/mol. The molecule has 0 amide bonds. The number of benzene rings is 1. The SMILES string of the molecule is COc1ccc2c(c1)CC(NCCc1nccn1C)CC2. The second kappa shape index (κ2) is 6.31. The van der Waals surface area contributed by atoms with Gasteiger partial charge in [-0.15, -0.1) is 0 Å². The molecular formula is C17H23N3O. The minimum absolute atomic E-state index is 0.560. The maximum absolute atomic E-state index is 5.33. The molecule has 21 heavy (non-hydrogen) atoms. The van der Waals surface area contributed by atoms with Crippen molar-refractivity contribution in [1.29, 1.82) is 0 Å². The molecule has 1 aromatic heterocycles. The predicted octanol–water partition coefficient (Wildman–Crippen LogP) is 2.12. The van der Waals surface area contributed by atoms with Gasteiger partial charge in [0.05, 0.1) is 7.11 Å². The van der Waals surface area contributed by atoms with E-state index in [1.54, 1.807) is 7.11 Å². The van der Waals surface area contributed by atoms with Crippen LogP contribution in [0.15, 0.2) is 30.6 Å². The summed E-state index contributed by atoms with van der Waals surface area (Å²) in [6, 6.07) is 7.01. The van der Waals surface area contributed by atoms with Gasteiger partial charge in [0.15, 0.2) is 0 Å². The number of aryl methyl sites for hydroxylation is 2. The summed E-state index contributed by atoms with van der Waals surface area (Å²) in [5.41, 5.74) is 2.90. The molecule has 112 valence electrons. The molecule has 0 bridgehead atoms. The number of methoxy groups -OCH3 is 1. The van der Waals surface area contributed by atoms with Crippen molar-refractivity contribution in [3.8, 4) is 5.75 Å². The highest BCUT2D eigenvalue weighted by atomic mass is 16.5. The Hall–Kier alpha value is -1.81. The van der Waals surface area contributed by atoms with Crippen molar-refractivity contribution in [3.63, 3.8) is 0 Å². The summed E-state index contributed by atoms with van der Waals surface area (Å²) < 4.78 is 7.41. The van der Waals surface area contributed by atoms with Gasteiger partial charge in [-0.1, -0.05) is 6.07 Å². The van der Waals surface area contributed by atoms with Crippen LogP contribution in [0.25, 0.3) is 0 Å². The lowest BCUT2D eigenvalue weighted by atomic mass is 9.88. The lowest BCUT2D eigenvalue weighted by molar-refractivity contribution is 0.411. The second-order valence-corrected chi connectivity index (χ2v) is 5.73. The summed E-state index contributed by atoms with van der Waals surface area (Å²) in [6.45, 7) is 0.981. The first-order chi connectivity index (χ1) is 10.3. The van der Waals surface area contributed by atoms with Crippen molar-refractivity contribution in [2.45, 2.75) is 31.7 Å². The van der Waals surface area contributed by atoms with Crippen LogP contribution >= 0.6 is 0 Å². The van der Waals surface area contributed by atoms with Gasteiger partial charge in [0.1, 0.15) is 11.6 Å². The Balaban J connectivity index is 1.55. The second-order valence-electron chi connectivity index (χ2n) is 5.73. The first-order valence-corrected chi connectivity index (χ1v) is 7.61. The zero-order chi connectivity index (χ0) is 14.7. The van der Waals surface area contributed by atoms with Crippen LogP contribution in [0.2, 0.25) is 0 Å². The van der Waals surface area contributed by atoms with Gasteiger partial charge in [0, 0.05) is 38.4 Å². The quantitative estimate of drug-likeness (QED) is 0.914. The number of nitrogens with one attached hydrogen (secondary N) is 1. The van der Waals surface area contributed by atoms with E-state index in [1.165, 1.54) is 17.5 Å². The van der Waals surface area contributed by atoms with Gasteiger partial charge in [0.2, 0.25) is 0 Å². The zero-order valence-electron chi connectivity index (χ0n) is 12.8. The van der Waals surface area contributed by atoms with Crippen molar-refractivity contribution in [3.05, 3.63) is 47.5 Å². The molecule has 1 atom stereocenters. The summed E-state index contributed by atoms with van der Waals surface area (Å²) in [4.78, 5) is 4.36. The van der Waals surface area contributed by atoms with Crippen molar-refractivity contribution >= 4 is 0 Å². The highest BCUT2D eigenvalue weighted by Gasteiger charge is 2.18. The third-order valence-electron chi connectivity index (χ3n) is 4.34. The molecule has 4 nitrogen and oxygen atoms in total. The maximum atomic E-state index is 5.33. The van der Waals surface area contributed by atoms with Crippen LogP contribution in [0.5, 0.6) is 5.75 Å². The van der Waals surface area contributed by atoms with Crippen LogP contribution in [0.1, 0.15) is 23.4 Å². The highest BCUT2D eigenvalue weighted by Crippen LogP contribution is 2.25. The van der Waals surface area contributed by atoms with Gasteiger partial charge in [-0.05, 0) is 42.5 Å². The van der Waals surface area contributed by atoms with Crippen molar-refractivity contribution in [2.75, 3.05) is 13.7 Å². The van der Waals surface area contributed by atoms with E-state index in [9.17, 15) is 0 Å². The normalized spacial score (nSPS) is 17.5. The number of nitrogens with zero attached hydrogens (tertiary/aromatic N) is 2. The Morgan fingerprint density at radius 1 is 1.38 bits per heavy atom. The molecule has 1 unspecified atom stereocenters. The van der Waals surface area contributed by atoms with Crippen molar-refractivity contribution in [1.82, 2.24) is 14.9 Å². The van der Waals surface area contributed by atoms with E-state index in [1.807, 2.05) is 19.4 Å². The number of imidazole rings is 1. The van der Waals surface area contributed by atoms with Gasteiger partial charge < -0.3 is 14.6 Å². The Kier molecular flexibility index (Phi) is 4.25. The van der Waals surface area contributed by atoms with E-state index in [0.717, 1.165) is 37.4 Å². The molecule has 1 aromatic carbocycles. The van der Waals surface area contributed by atoms with Crippen LogP contribution in [0, 0.1) is 0 Å². The Morgan fingerprint density at radius 2 is 2.29 bits per heavy atom. The van der Waals surface area contributed by atoms with E-state index in [4.69, 9.17) is 4.74 Å². The lowest BCUT2D eigenvalue weighted by Crippen LogP contribution is -2.36. The number of hydrogen-bond donors (Lipinski definition) is 1. The van der Waals surface area contributed by atoms with Gasteiger partial charge in [-0.2, -0.15) is 0 Å².